The second kappa shape index (κ2) is 6.62. The summed E-state index contributed by atoms with van der Waals surface area (Å²) in [7, 11) is -2.32. The molecule has 1 aromatic carbocycles. The molecule has 1 heterocycles. The summed E-state index contributed by atoms with van der Waals surface area (Å²) in [6.07, 6.45) is 2.93. The first kappa shape index (κ1) is 12.4. The van der Waals surface area contributed by atoms with E-state index in [0.717, 1.165) is 54.0 Å². The van der Waals surface area contributed by atoms with E-state index in [-0.39, 0.29) is 12.1 Å². The van der Waals surface area contributed by atoms with Gasteiger partial charge < -0.3 is 20.3 Å². The Bertz CT molecular complexity index is 746. The Morgan fingerprint density at radius 1 is 1.30 bits per heavy atom. The van der Waals surface area contributed by atoms with Gasteiger partial charge in [-0.05, 0) is 45.6 Å². The SMILES string of the molecule is [2H]C([2H])([2H])O[C@H]1CC[C@H](Nc2cccc(-c3c(C)noc3C)c2N)CC1. The third kappa shape index (κ3) is 3.20. The first-order valence-electron chi connectivity index (χ1n) is 9.50. The molecule has 0 aliphatic heterocycles. The van der Waals surface area contributed by atoms with E-state index in [4.69, 9.17) is 19.1 Å². The van der Waals surface area contributed by atoms with Crippen LogP contribution < -0.4 is 11.1 Å². The zero-order valence-corrected chi connectivity index (χ0v) is 13.6. The van der Waals surface area contributed by atoms with Gasteiger partial charge in [0.15, 0.2) is 0 Å². The number of ether oxygens (including phenoxy) is 1. The Morgan fingerprint density at radius 3 is 2.74 bits per heavy atom. The zero-order chi connectivity index (χ0) is 18.9. The van der Waals surface area contributed by atoms with Gasteiger partial charge in [0.2, 0.25) is 0 Å². The Kier molecular flexibility index (Phi) is 3.58. The van der Waals surface area contributed by atoms with Crippen molar-refractivity contribution >= 4 is 11.4 Å². The molecular weight excluding hydrogens is 290 g/mol. The molecule has 23 heavy (non-hydrogen) atoms. The maximum absolute atomic E-state index is 7.22. The van der Waals surface area contributed by atoms with Crippen molar-refractivity contribution in [3.63, 3.8) is 0 Å². The van der Waals surface area contributed by atoms with Gasteiger partial charge in [-0.15, -0.1) is 0 Å². The fourth-order valence-electron chi connectivity index (χ4n) is 3.32. The average molecular weight is 318 g/mol. The van der Waals surface area contributed by atoms with Crippen molar-refractivity contribution in [3.05, 3.63) is 29.7 Å². The number of aryl methyl sites for hydroxylation is 2. The topological polar surface area (TPSA) is 73.3 Å². The van der Waals surface area contributed by atoms with Crippen LogP contribution in [0.2, 0.25) is 0 Å². The van der Waals surface area contributed by atoms with Crippen molar-refractivity contribution in [1.82, 2.24) is 5.16 Å². The molecule has 5 nitrogen and oxygen atoms in total. The monoisotopic (exact) mass is 318 g/mol. The molecule has 0 spiro atoms. The number of benzene rings is 1. The maximum atomic E-state index is 7.22. The van der Waals surface area contributed by atoms with Crippen molar-refractivity contribution in [3.8, 4) is 11.1 Å². The number of hydrogen-bond donors (Lipinski definition) is 2. The number of hydrogen-bond acceptors (Lipinski definition) is 5. The van der Waals surface area contributed by atoms with E-state index < -0.39 is 7.04 Å². The maximum Gasteiger partial charge on any atom is 0.141 e. The predicted octanol–water partition coefficient (Wildman–Crippen LogP) is 3.91. The Hall–Kier alpha value is -2.01. The number of para-hydroxylation sites is 1. The largest absolute Gasteiger partial charge is 0.397 e. The Labute approximate surface area is 141 Å². The number of aromatic nitrogens is 1. The highest BCUT2D eigenvalue weighted by Gasteiger charge is 2.22. The number of nitrogens with zero attached hydrogens (tertiary/aromatic N) is 1. The second-order valence-electron chi connectivity index (χ2n) is 6.20. The lowest BCUT2D eigenvalue weighted by atomic mass is 9.92. The minimum absolute atomic E-state index is 0.202. The molecule has 3 N–H and O–H groups in total. The number of nitrogen functional groups attached to an aromatic ring is 1. The smallest absolute Gasteiger partial charge is 0.141 e. The highest BCUT2D eigenvalue weighted by Crippen LogP contribution is 2.36. The summed E-state index contributed by atoms with van der Waals surface area (Å²) in [6.45, 7) is 3.78. The quantitative estimate of drug-likeness (QED) is 0.836. The molecule has 1 aromatic heterocycles. The van der Waals surface area contributed by atoms with E-state index >= 15 is 0 Å². The molecule has 3 rings (SSSR count). The van der Waals surface area contributed by atoms with E-state index in [1.165, 1.54) is 0 Å². The molecule has 0 atom stereocenters. The van der Waals surface area contributed by atoms with Gasteiger partial charge in [-0.3, -0.25) is 0 Å². The van der Waals surface area contributed by atoms with Crippen LogP contribution in [0.4, 0.5) is 11.4 Å². The van der Waals surface area contributed by atoms with Crippen molar-refractivity contribution in [2.75, 3.05) is 18.1 Å². The standard InChI is InChI=1S/C18H25N3O2/c1-11-17(12(2)23-21-11)15-5-4-6-16(18(15)19)20-13-7-9-14(22-3)10-8-13/h4-6,13-14,20H,7-10,19H2,1-3H3/t13-,14-/i3D3. The Morgan fingerprint density at radius 2 is 2.09 bits per heavy atom. The third-order valence-corrected chi connectivity index (χ3v) is 4.61. The average Bonchev–Trinajstić information content (AvgIpc) is 2.89. The molecule has 0 bridgehead atoms. The van der Waals surface area contributed by atoms with Crippen LogP contribution in [0.3, 0.4) is 0 Å². The van der Waals surface area contributed by atoms with Crippen molar-refractivity contribution in [2.45, 2.75) is 51.7 Å². The van der Waals surface area contributed by atoms with Gasteiger partial charge in [-0.2, -0.15) is 0 Å². The summed E-state index contributed by atoms with van der Waals surface area (Å²) in [6, 6.07) is 6.13. The first-order chi connectivity index (χ1) is 12.2. The number of anilines is 2. The molecule has 124 valence electrons. The van der Waals surface area contributed by atoms with Gasteiger partial charge in [0.1, 0.15) is 5.76 Å². The van der Waals surface area contributed by atoms with Gasteiger partial charge in [0, 0.05) is 24.2 Å². The molecule has 1 fully saturated rings. The van der Waals surface area contributed by atoms with Gasteiger partial charge in [0.25, 0.3) is 0 Å². The van der Waals surface area contributed by atoms with E-state index in [1.807, 2.05) is 32.0 Å². The van der Waals surface area contributed by atoms with Crippen LogP contribution in [0.25, 0.3) is 11.1 Å². The second-order valence-corrected chi connectivity index (χ2v) is 6.20. The summed E-state index contributed by atoms with van der Waals surface area (Å²) in [5.74, 6) is 0.744. The summed E-state index contributed by atoms with van der Waals surface area (Å²) in [5.41, 5.74) is 10.6. The minimum Gasteiger partial charge on any atom is -0.397 e. The number of nitrogens with two attached hydrogens (primary N) is 1. The molecule has 0 radical (unpaired) electrons. The normalized spacial score (nSPS) is 23.8. The number of nitrogens with one attached hydrogen (secondary N) is 1. The van der Waals surface area contributed by atoms with Crippen LogP contribution in [-0.4, -0.2) is 24.3 Å². The first-order valence-corrected chi connectivity index (χ1v) is 8.00. The van der Waals surface area contributed by atoms with Crippen molar-refractivity contribution in [1.29, 1.82) is 0 Å². The minimum atomic E-state index is -2.32. The van der Waals surface area contributed by atoms with Crippen LogP contribution >= 0.6 is 0 Å². The fraction of sp³-hybridized carbons (Fsp3) is 0.500. The fourth-order valence-corrected chi connectivity index (χ4v) is 3.32. The summed E-state index contributed by atoms with van der Waals surface area (Å²) in [4.78, 5) is 0. The van der Waals surface area contributed by atoms with Crippen LogP contribution in [0.1, 0.15) is 41.2 Å². The summed E-state index contributed by atoms with van der Waals surface area (Å²) < 4.78 is 32.0. The lowest BCUT2D eigenvalue weighted by Crippen LogP contribution is -2.29. The van der Waals surface area contributed by atoms with E-state index in [1.54, 1.807) is 0 Å². The number of rotatable bonds is 4. The van der Waals surface area contributed by atoms with Crippen LogP contribution in [0.15, 0.2) is 22.7 Å². The van der Waals surface area contributed by atoms with Crippen LogP contribution in [0, 0.1) is 13.8 Å². The molecule has 1 aliphatic rings. The molecule has 0 unspecified atom stereocenters. The van der Waals surface area contributed by atoms with E-state index in [2.05, 4.69) is 10.5 Å². The lowest BCUT2D eigenvalue weighted by molar-refractivity contribution is 0.0682. The molecule has 0 saturated heterocycles. The van der Waals surface area contributed by atoms with Crippen molar-refractivity contribution < 1.29 is 13.4 Å². The molecule has 0 amide bonds. The lowest BCUT2D eigenvalue weighted by Gasteiger charge is -2.29. The van der Waals surface area contributed by atoms with E-state index in [0.29, 0.717) is 5.69 Å². The summed E-state index contributed by atoms with van der Waals surface area (Å²) >= 11 is 0. The molecule has 5 heteroatoms. The van der Waals surface area contributed by atoms with Crippen molar-refractivity contribution in [2.24, 2.45) is 0 Å². The van der Waals surface area contributed by atoms with Gasteiger partial charge in [-0.1, -0.05) is 17.3 Å². The highest BCUT2D eigenvalue weighted by molar-refractivity contribution is 5.87. The van der Waals surface area contributed by atoms with Gasteiger partial charge >= 0.3 is 0 Å². The van der Waals surface area contributed by atoms with Crippen LogP contribution in [0.5, 0.6) is 0 Å². The zero-order valence-electron chi connectivity index (χ0n) is 16.6. The molecular formula is C18H25N3O2. The molecule has 1 saturated carbocycles. The highest BCUT2D eigenvalue weighted by atomic mass is 16.5. The molecule has 1 aliphatic carbocycles. The van der Waals surface area contributed by atoms with Gasteiger partial charge in [-0.25, -0.2) is 0 Å². The molecule has 2 aromatic rings. The third-order valence-electron chi connectivity index (χ3n) is 4.61. The number of methoxy groups -OCH3 is 1. The summed E-state index contributed by atoms with van der Waals surface area (Å²) in [5, 5.41) is 7.51. The van der Waals surface area contributed by atoms with Crippen LogP contribution in [-0.2, 0) is 4.74 Å². The van der Waals surface area contributed by atoms with Gasteiger partial charge in [0.05, 0.1) is 27.3 Å². The Balaban J connectivity index is 1.69. The van der Waals surface area contributed by atoms with E-state index in [9.17, 15) is 0 Å². The predicted molar refractivity (Wildman–Crippen MR) is 92.5 cm³/mol.